The first-order valence-corrected chi connectivity index (χ1v) is 9.40. The molecule has 1 atom stereocenters. The van der Waals surface area contributed by atoms with Crippen LogP contribution in [0, 0.1) is 41.5 Å². The van der Waals surface area contributed by atoms with Crippen LogP contribution in [0.2, 0.25) is 0 Å². The van der Waals surface area contributed by atoms with Crippen molar-refractivity contribution < 1.29 is 0 Å². The van der Waals surface area contributed by atoms with E-state index in [4.69, 9.17) is 0 Å². The molecule has 0 heterocycles. The molecule has 2 rings (SSSR count). The topological polar surface area (TPSA) is 0 Å². The molecule has 0 aromatic heterocycles. The second kappa shape index (κ2) is 7.45. The van der Waals surface area contributed by atoms with Gasteiger partial charge in [0.2, 0.25) is 0 Å². The first-order valence-electron chi connectivity index (χ1n) is 8.40. The average molecular weight is 324 g/mol. The molecule has 0 fully saturated rings. The average Bonchev–Trinajstić information content (AvgIpc) is 2.45. The van der Waals surface area contributed by atoms with Crippen LogP contribution in [0.15, 0.2) is 30.9 Å². The fourth-order valence-corrected chi connectivity index (χ4v) is 4.95. The molecular weight excluding hydrogens is 295 g/mol. The van der Waals surface area contributed by atoms with E-state index in [1.54, 1.807) is 0 Å². The number of benzene rings is 2. The van der Waals surface area contributed by atoms with E-state index in [2.05, 4.69) is 66.3 Å². The van der Waals surface area contributed by atoms with Gasteiger partial charge in [0.25, 0.3) is 0 Å². The molecule has 0 N–H and O–H groups in total. The Kier molecular flexibility index (Phi) is 5.82. The van der Waals surface area contributed by atoms with Gasteiger partial charge in [0.1, 0.15) is 0 Å². The molecule has 2 aromatic carbocycles. The Morgan fingerprint density at radius 3 is 1.96 bits per heavy atom. The lowest BCUT2D eigenvalue weighted by atomic mass is 9.96. The van der Waals surface area contributed by atoms with Gasteiger partial charge >= 0.3 is 0 Å². The molecule has 0 amide bonds. The lowest BCUT2D eigenvalue weighted by molar-refractivity contribution is 0.975. The molecule has 0 saturated carbocycles. The summed E-state index contributed by atoms with van der Waals surface area (Å²) in [4.78, 5) is 0. The molecule has 2 aromatic rings. The number of rotatable bonds is 5. The minimum atomic E-state index is 0.740. The van der Waals surface area contributed by atoms with Gasteiger partial charge < -0.3 is 0 Å². The van der Waals surface area contributed by atoms with Gasteiger partial charge in [-0.3, -0.25) is 0 Å². The Labute approximate surface area is 143 Å². The molecule has 23 heavy (non-hydrogen) atoms. The molecular formula is C22H29P. The van der Waals surface area contributed by atoms with Crippen molar-refractivity contribution in [2.75, 3.05) is 0 Å². The summed E-state index contributed by atoms with van der Waals surface area (Å²) in [6.45, 7) is 17.4. The van der Waals surface area contributed by atoms with E-state index in [0.29, 0.717) is 0 Å². The van der Waals surface area contributed by atoms with Gasteiger partial charge in [0.05, 0.1) is 0 Å². The summed E-state index contributed by atoms with van der Waals surface area (Å²) in [5, 5.41) is 3.05. The molecule has 0 aliphatic carbocycles. The highest BCUT2D eigenvalue weighted by atomic mass is 31.1. The van der Waals surface area contributed by atoms with Crippen molar-refractivity contribution in [1.29, 1.82) is 0 Å². The number of hydrogen-bond donors (Lipinski definition) is 0. The summed E-state index contributed by atoms with van der Waals surface area (Å²) in [7, 11) is 0.740. The van der Waals surface area contributed by atoms with Crippen LogP contribution in [-0.2, 0) is 6.42 Å². The van der Waals surface area contributed by atoms with Crippen LogP contribution in [0.4, 0.5) is 0 Å². The highest BCUT2D eigenvalue weighted by molar-refractivity contribution is 7.56. The van der Waals surface area contributed by atoms with Gasteiger partial charge in [0.15, 0.2) is 0 Å². The summed E-state index contributed by atoms with van der Waals surface area (Å²) in [6.07, 6.45) is 4.18. The predicted octanol–water partition coefficient (Wildman–Crippen LogP) is 5.29. The molecule has 0 nitrogen and oxygen atoms in total. The van der Waals surface area contributed by atoms with E-state index in [9.17, 15) is 0 Å². The summed E-state index contributed by atoms with van der Waals surface area (Å²) >= 11 is 0. The largest absolute Gasteiger partial charge is 0.103 e. The minimum Gasteiger partial charge on any atom is -0.103 e. The zero-order chi connectivity index (χ0) is 17.1. The monoisotopic (exact) mass is 324 g/mol. The Bertz CT molecular complexity index is 715. The maximum Gasteiger partial charge on any atom is -0.0165 e. The number of hydrogen-bond acceptors (Lipinski definition) is 0. The van der Waals surface area contributed by atoms with Crippen LogP contribution in [0.1, 0.15) is 45.4 Å². The lowest BCUT2D eigenvalue weighted by Gasteiger charge is -2.19. The Morgan fingerprint density at radius 2 is 1.39 bits per heavy atom. The zero-order valence-electron chi connectivity index (χ0n) is 15.4. The molecule has 122 valence electrons. The molecule has 0 saturated heterocycles. The van der Waals surface area contributed by atoms with E-state index in [1.807, 2.05) is 6.08 Å². The van der Waals surface area contributed by atoms with Crippen molar-refractivity contribution in [3.05, 3.63) is 69.8 Å². The summed E-state index contributed by atoms with van der Waals surface area (Å²) < 4.78 is 0. The standard InChI is InChI=1S/C22H29P/c1-8-9-10-20-15(3)13-18(6)22(19(20)7)23-21-16(4)11-14(2)12-17(21)5/h8,11-13,23H,1,9-10H2,2-7H3. The third-order valence-electron chi connectivity index (χ3n) is 4.66. The van der Waals surface area contributed by atoms with Crippen molar-refractivity contribution in [2.45, 2.75) is 54.4 Å². The van der Waals surface area contributed by atoms with Crippen molar-refractivity contribution in [1.82, 2.24) is 0 Å². The van der Waals surface area contributed by atoms with Crippen LogP contribution in [0.25, 0.3) is 0 Å². The van der Waals surface area contributed by atoms with Crippen LogP contribution in [-0.4, -0.2) is 0 Å². The summed E-state index contributed by atoms with van der Waals surface area (Å²) in [6, 6.07) is 6.99. The first kappa shape index (κ1) is 18.0. The lowest BCUT2D eigenvalue weighted by Crippen LogP contribution is -2.17. The van der Waals surface area contributed by atoms with Gasteiger partial charge in [0, 0.05) is 0 Å². The van der Waals surface area contributed by atoms with Crippen molar-refractivity contribution in [2.24, 2.45) is 0 Å². The third-order valence-corrected chi connectivity index (χ3v) is 6.71. The highest BCUT2D eigenvalue weighted by Crippen LogP contribution is 2.26. The molecule has 1 heteroatoms. The Hall–Kier alpha value is -1.39. The maximum atomic E-state index is 3.88. The highest BCUT2D eigenvalue weighted by Gasteiger charge is 2.13. The predicted molar refractivity (Wildman–Crippen MR) is 107 cm³/mol. The summed E-state index contributed by atoms with van der Waals surface area (Å²) in [5.74, 6) is 0. The second-order valence-corrected chi connectivity index (χ2v) is 7.96. The molecule has 0 bridgehead atoms. The van der Waals surface area contributed by atoms with Crippen LogP contribution < -0.4 is 10.6 Å². The fraction of sp³-hybridized carbons (Fsp3) is 0.364. The third kappa shape index (κ3) is 3.93. The smallest absolute Gasteiger partial charge is 0.0165 e. The Morgan fingerprint density at radius 1 is 0.826 bits per heavy atom. The molecule has 1 unspecified atom stereocenters. The van der Waals surface area contributed by atoms with Crippen LogP contribution in [0.5, 0.6) is 0 Å². The van der Waals surface area contributed by atoms with Gasteiger partial charge in [-0.2, -0.15) is 0 Å². The van der Waals surface area contributed by atoms with E-state index in [-0.39, 0.29) is 0 Å². The van der Waals surface area contributed by atoms with Gasteiger partial charge in [-0.25, -0.2) is 0 Å². The molecule has 0 spiro atoms. The van der Waals surface area contributed by atoms with Gasteiger partial charge in [-0.15, -0.1) is 6.58 Å². The quantitative estimate of drug-likeness (QED) is 0.518. The van der Waals surface area contributed by atoms with Crippen molar-refractivity contribution in [3.63, 3.8) is 0 Å². The van der Waals surface area contributed by atoms with E-state index >= 15 is 0 Å². The van der Waals surface area contributed by atoms with Gasteiger partial charge in [-0.1, -0.05) is 38.4 Å². The normalized spacial score (nSPS) is 11.4. The second-order valence-electron chi connectivity index (χ2n) is 6.71. The van der Waals surface area contributed by atoms with Crippen LogP contribution >= 0.6 is 8.58 Å². The van der Waals surface area contributed by atoms with Crippen molar-refractivity contribution >= 4 is 19.2 Å². The molecule has 0 aliphatic rings. The van der Waals surface area contributed by atoms with Crippen molar-refractivity contribution in [3.8, 4) is 0 Å². The molecule has 0 aliphatic heterocycles. The van der Waals surface area contributed by atoms with Gasteiger partial charge in [-0.05, 0) is 98.4 Å². The van der Waals surface area contributed by atoms with E-state index in [1.165, 1.54) is 49.6 Å². The summed E-state index contributed by atoms with van der Waals surface area (Å²) in [5.41, 5.74) is 10.1. The SMILES string of the molecule is C=CCCc1c(C)cc(C)c(Pc2c(C)cc(C)cc2C)c1C. The van der Waals surface area contributed by atoms with Crippen LogP contribution in [0.3, 0.4) is 0 Å². The van der Waals surface area contributed by atoms with E-state index in [0.717, 1.165) is 21.4 Å². The maximum absolute atomic E-state index is 3.88. The fourth-order valence-electron chi connectivity index (χ4n) is 3.55. The number of aryl methyl sites for hydroxylation is 5. The number of allylic oxidation sites excluding steroid dienone is 1. The first-order chi connectivity index (χ1) is 10.8. The molecule has 0 radical (unpaired) electrons. The Balaban J connectivity index is 2.50. The zero-order valence-corrected chi connectivity index (χ0v) is 16.4. The minimum absolute atomic E-state index is 0.740. The van der Waals surface area contributed by atoms with E-state index < -0.39 is 0 Å².